The highest BCUT2D eigenvalue weighted by molar-refractivity contribution is 14.1. The van der Waals surface area contributed by atoms with Crippen LogP contribution in [0.2, 0.25) is 10.0 Å². The van der Waals surface area contributed by atoms with E-state index in [0.717, 1.165) is 11.1 Å². The number of hydrogen-bond donors (Lipinski definition) is 3. The van der Waals surface area contributed by atoms with Gasteiger partial charge in [-0.05, 0) is 23.6 Å². The molecule has 1 aliphatic rings. The Morgan fingerprint density at radius 2 is 1.61 bits per heavy atom. The number of amides is 3. The smallest absolute Gasteiger partial charge is 0.247 e. The largest absolute Gasteiger partial charge is 0.506 e. The number of alkyl halides is 1. The number of phenolic OH excluding ortho intramolecular Hbond substituents is 1. The fraction of sp³-hybridized carbons (Fsp3) is 0.267. The van der Waals surface area contributed by atoms with Gasteiger partial charge in [0.05, 0.1) is 15.7 Å². The van der Waals surface area contributed by atoms with Crippen molar-refractivity contribution in [2.45, 2.75) is 44.3 Å². The zero-order valence-electron chi connectivity index (χ0n) is 21.9. The maximum absolute atomic E-state index is 13.6. The standard InChI is InChI=1S/C30H28Cl2IN3O5/c31-21-15-24(27(38)16-22(21)32)35-29(40)23(12-13-33)34-30(41)25-14-19-8-4-5-9-20(19)17-36(25)28(39)11-10-26(37)18-6-2-1-3-7-18/h1-9,15-16,23,25,38H,10-14,17H2,(H,34,41)(H,35,40)/t23-,25-/m0/s1. The maximum atomic E-state index is 13.6. The van der Waals surface area contributed by atoms with Crippen molar-refractivity contribution in [2.24, 2.45) is 0 Å². The van der Waals surface area contributed by atoms with Gasteiger partial charge in [-0.25, -0.2) is 0 Å². The van der Waals surface area contributed by atoms with Crippen LogP contribution in [-0.2, 0) is 27.3 Å². The Labute approximate surface area is 261 Å². The summed E-state index contributed by atoms with van der Waals surface area (Å²) in [6, 6.07) is 17.1. The Hall–Kier alpha value is -3.15. The highest BCUT2D eigenvalue weighted by atomic mass is 127. The van der Waals surface area contributed by atoms with Crippen LogP contribution in [0.3, 0.4) is 0 Å². The van der Waals surface area contributed by atoms with Crippen molar-refractivity contribution < 1.29 is 24.3 Å². The minimum Gasteiger partial charge on any atom is -0.506 e. The molecule has 1 aliphatic heterocycles. The number of Topliss-reactive ketones (excluding diaryl/α,β-unsaturated/α-hetero) is 1. The molecule has 0 bridgehead atoms. The summed E-state index contributed by atoms with van der Waals surface area (Å²) in [7, 11) is 0. The summed E-state index contributed by atoms with van der Waals surface area (Å²) in [5.74, 6) is -1.77. The molecule has 3 N–H and O–H groups in total. The van der Waals surface area contributed by atoms with Crippen LogP contribution in [0.25, 0.3) is 0 Å². The molecule has 0 fully saturated rings. The van der Waals surface area contributed by atoms with Crippen molar-refractivity contribution >= 4 is 75.0 Å². The van der Waals surface area contributed by atoms with Crippen molar-refractivity contribution in [1.29, 1.82) is 0 Å². The molecular formula is C30H28Cl2IN3O5. The Bertz CT molecular complexity index is 1450. The third-order valence-electron chi connectivity index (χ3n) is 6.86. The molecule has 0 unspecified atom stereocenters. The predicted octanol–water partition coefficient (Wildman–Crippen LogP) is 5.56. The molecule has 214 valence electrons. The fourth-order valence-corrected chi connectivity index (χ4v) is 5.60. The Morgan fingerprint density at radius 3 is 2.32 bits per heavy atom. The van der Waals surface area contributed by atoms with Crippen molar-refractivity contribution in [1.82, 2.24) is 10.2 Å². The molecule has 3 aromatic rings. The monoisotopic (exact) mass is 707 g/mol. The highest BCUT2D eigenvalue weighted by Crippen LogP contribution is 2.33. The molecule has 3 amide bonds. The van der Waals surface area contributed by atoms with Gasteiger partial charge < -0.3 is 20.6 Å². The van der Waals surface area contributed by atoms with E-state index < -0.39 is 23.9 Å². The van der Waals surface area contributed by atoms with Crippen LogP contribution >= 0.6 is 45.8 Å². The van der Waals surface area contributed by atoms with E-state index >= 15 is 0 Å². The maximum Gasteiger partial charge on any atom is 0.247 e. The number of benzene rings is 3. The lowest BCUT2D eigenvalue weighted by molar-refractivity contribution is -0.142. The zero-order chi connectivity index (χ0) is 29.5. The number of rotatable bonds is 10. The van der Waals surface area contributed by atoms with Gasteiger partial charge in [0.15, 0.2) is 5.78 Å². The van der Waals surface area contributed by atoms with Crippen LogP contribution in [0, 0.1) is 0 Å². The second-order valence-electron chi connectivity index (χ2n) is 9.61. The summed E-state index contributed by atoms with van der Waals surface area (Å²) in [4.78, 5) is 54.3. The summed E-state index contributed by atoms with van der Waals surface area (Å²) in [5.41, 5.74) is 2.45. The van der Waals surface area contributed by atoms with E-state index in [9.17, 15) is 24.3 Å². The van der Waals surface area contributed by atoms with E-state index in [4.69, 9.17) is 23.2 Å². The molecule has 2 atom stereocenters. The van der Waals surface area contributed by atoms with Crippen LogP contribution in [0.1, 0.15) is 40.7 Å². The van der Waals surface area contributed by atoms with Crippen LogP contribution in [0.4, 0.5) is 5.69 Å². The molecule has 41 heavy (non-hydrogen) atoms. The molecule has 0 aromatic heterocycles. The Kier molecular flexibility index (Phi) is 10.6. The lowest BCUT2D eigenvalue weighted by Crippen LogP contribution is -2.56. The van der Waals surface area contributed by atoms with Gasteiger partial charge in [0.25, 0.3) is 0 Å². The summed E-state index contributed by atoms with van der Waals surface area (Å²) >= 11 is 14.1. The first-order chi connectivity index (χ1) is 19.7. The predicted molar refractivity (Wildman–Crippen MR) is 167 cm³/mol. The summed E-state index contributed by atoms with van der Waals surface area (Å²) in [6.07, 6.45) is 0.547. The average molecular weight is 708 g/mol. The SMILES string of the molecule is O=C(CCC(=O)N1Cc2ccccc2C[C@H]1C(=O)N[C@@H](CCI)C(=O)Nc1cc(Cl)c(Cl)cc1O)c1ccccc1. The molecule has 3 aromatic carbocycles. The second-order valence-corrected chi connectivity index (χ2v) is 11.5. The number of anilines is 1. The molecule has 0 saturated carbocycles. The van der Waals surface area contributed by atoms with E-state index in [0.29, 0.717) is 16.4 Å². The number of carbonyl (C=O) groups excluding carboxylic acids is 4. The van der Waals surface area contributed by atoms with Gasteiger partial charge >= 0.3 is 0 Å². The molecule has 0 saturated heterocycles. The molecule has 0 aliphatic carbocycles. The number of halogens is 3. The van der Waals surface area contributed by atoms with Gasteiger partial charge in [0.2, 0.25) is 17.7 Å². The van der Waals surface area contributed by atoms with Gasteiger partial charge in [-0.3, -0.25) is 19.2 Å². The van der Waals surface area contributed by atoms with Crippen molar-refractivity contribution in [3.63, 3.8) is 0 Å². The number of nitrogens with zero attached hydrogens (tertiary/aromatic N) is 1. The minimum atomic E-state index is -0.943. The number of aromatic hydroxyl groups is 1. The topological polar surface area (TPSA) is 116 Å². The molecule has 1 heterocycles. The molecule has 8 nitrogen and oxygen atoms in total. The van der Waals surface area contributed by atoms with E-state index in [1.54, 1.807) is 24.3 Å². The molecule has 0 radical (unpaired) electrons. The van der Waals surface area contributed by atoms with Crippen molar-refractivity contribution in [3.8, 4) is 5.75 Å². The molecule has 4 rings (SSSR count). The number of carbonyl (C=O) groups is 4. The number of hydrogen-bond acceptors (Lipinski definition) is 5. The second kappa shape index (κ2) is 14.2. The first-order valence-corrected chi connectivity index (χ1v) is 15.3. The molecule has 11 heteroatoms. The van der Waals surface area contributed by atoms with E-state index in [2.05, 4.69) is 33.2 Å². The average Bonchev–Trinajstić information content (AvgIpc) is 2.97. The summed E-state index contributed by atoms with van der Waals surface area (Å²) in [6.45, 7) is 0.215. The van der Waals surface area contributed by atoms with E-state index in [1.807, 2.05) is 30.3 Å². The van der Waals surface area contributed by atoms with Crippen molar-refractivity contribution in [3.05, 3.63) is 93.5 Å². The van der Waals surface area contributed by atoms with Crippen LogP contribution in [-0.4, -0.2) is 50.0 Å². The number of nitrogens with one attached hydrogen (secondary N) is 2. The summed E-state index contributed by atoms with van der Waals surface area (Å²) < 4.78 is 0.557. The molecule has 0 spiro atoms. The highest BCUT2D eigenvalue weighted by Gasteiger charge is 2.36. The zero-order valence-corrected chi connectivity index (χ0v) is 25.6. The van der Waals surface area contributed by atoms with E-state index in [1.165, 1.54) is 17.0 Å². The lowest BCUT2D eigenvalue weighted by Gasteiger charge is -2.36. The first kappa shape index (κ1) is 30.8. The lowest BCUT2D eigenvalue weighted by atomic mass is 9.92. The fourth-order valence-electron chi connectivity index (χ4n) is 4.65. The third-order valence-corrected chi connectivity index (χ3v) is 8.21. The third kappa shape index (κ3) is 7.78. The van der Waals surface area contributed by atoms with Crippen LogP contribution < -0.4 is 10.6 Å². The van der Waals surface area contributed by atoms with Gasteiger partial charge in [-0.2, -0.15) is 0 Å². The summed E-state index contributed by atoms with van der Waals surface area (Å²) in [5, 5.41) is 15.9. The first-order valence-electron chi connectivity index (χ1n) is 13.0. The number of phenols is 1. The van der Waals surface area contributed by atoms with Gasteiger partial charge in [0.1, 0.15) is 17.8 Å². The van der Waals surface area contributed by atoms with Crippen LogP contribution in [0.15, 0.2) is 66.7 Å². The normalized spacial score (nSPS) is 15.0. The van der Waals surface area contributed by atoms with Gasteiger partial charge in [-0.15, -0.1) is 0 Å². The Balaban J connectivity index is 1.50. The van der Waals surface area contributed by atoms with Crippen LogP contribution in [0.5, 0.6) is 5.75 Å². The van der Waals surface area contributed by atoms with Gasteiger partial charge in [0, 0.05) is 41.9 Å². The Morgan fingerprint density at radius 1 is 0.951 bits per heavy atom. The quantitative estimate of drug-likeness (QED) is 0.110. The van der Waals surface area contributed by atoms with Crippen molar-refractivity contribution in [2.75, 3.05) is 9.74 Å². The number of fused-ring (bicyclic) bond motifs is 1. The number of ketones is 1. The van der Waals surface area contributed by atoms with E-state index in [-0.39, 0.29) is 59.0 Å². The minimum absolute atomic E-state index is 0.0162. The van der Waals surface area contributed by atoms with Gasteiger partial charge in [-0.1, -0.05) is 100 Å². The molecular weight excluding hydrogens is 680 g/mol.